The average Bonchev–Trinajstić information content (AvgIpc) is 2.03. The number of carboxylic acid groups (broad SMARTS) is 1. The smallest absolute Gasteiger partial charge is 0.328 e. The summed E-state index contributed by atoms with van der Waals surface area (Å²) in [6, 6.07) is 9.31. The van der Waals surface area contributed by atoms with Gasteiger partial charge in [-0.15, -0.1) is 17.0 Å². The maximum absolute atomic E-state index is 10.1. The van der Waals surface area contributed by atoms with Gasteiger partial charge in [0.15, 0.2) is 0 Å². The van der Waals surface area contributed by atoms with Crippen LogP contribution < -0.4 is 0 Å². The van der Waals surface area contributed by atoms with Gasteiger partial charge in [-0.25, -0.2) is 4.79 Å². The van der Waals surface area contributed by atoms with Crippen molar-refractivity contribution in [3.8, 4) is 0 Å². The van der Waals surface area contributed by atoms with Gasteiger partial charge in [-0.05, 0) is 11.6 Å². The predicted molar refractivity (Wildman–Crippen MR) is 53.4 cm³/mol. The minimum Gasteiger partial charge on any atom is -0.478 e. The minimum absolute atomic E-state index is 0. The SMILES string of the molecule is Br.O=C(O)C=Cc1ccccc1. The van der Waals surface area contributed by atoms with Crippen molar-refractivity contribution in [2.45, 2.75) is 0 Å². The zero-order valence-corrected chi connectivity index (χ0v) is 8.02. The molecule has 0 amide bonds. The van der Waals surface area contributed by atoms with Gasteiger partial charge in [0.1, 0.15) is 0 Å². The second kappa shape index (κ2) is 5.55. The number of carbonyl (C=O) groups is 1. The Morgan fingerprint density at radius 1 is 1.25 bits per heavy atom. The number of hydrogen-bond donors (Lipinski definition) is 1. The topological polar surface area (TPSA) is 37.3 Å². The van der Waals surface area contributed by atoms with Crippen molar-refractivity contribution in [1.82, 2.24) is 0 Å². The van der Waals surface area contributed by atoms with Crippen molar-refractivity contribution >= 4 is 29.0 Å². The van der Waals surface area contributed by atoms with Crippen molar-refractivity contribution < 1.29 is 9.90 Å². The molecule has 0 aliphatic carbocycles. The van der Waals surface area contributed by atoms with Crippen molar-refractivity contribution in [2.75, 3.05) is 0 Å². The molecule has 2 nitrogen and oxygen atoms in total. The minimum atomic E-state index is -0.922. The van der Waals surface area contributed by atoms with Crippen molar-refractivity contribution in [2.24, 2.45) is 0 Å². The lowest BCUT2D eigenvalue weighted by Crippen LogP contribution is -1.85. The lowest BCUT2D eigenvalue weighted by atomic mass is 10.2. The fourth-order valence-electron chi connectivity index (χ4n) is 0.732. The van der Waals surface area contributed by atoms with Crippen molar-refractivity contribution in [1.29, 1.82) is 0 Å². The standard InChI is InChI=1S/C9H8O2.BrH/c10-9(11)7-6-8-4-2-1-3-5-8;/h1-7H,(H,10,11);1H. The Bertz CT molecular complexity index is 267. The van der Waals surface area contributed by atoms with Gasteiger partial charge >= 0.3 is 5.97 Å². The first-order valence-electron chi connectivity index (χ1n) is 3.25. The van der Waals surface area contributed by atoms with Crippen molar-refractivity contribution in [3.63, 3.8) is 0 Å². The van der Waals surface area contributed by atoms with Crippen LogP contribution in [0.15, 0.2) is 36.4 Å². The summed E-state index contributed by atoms with van der Waals surface area (Å²) < 4.78 is 0. The molecule has 0 atom stereocenters. The molecular weight excluding hydrogens is 220 g/mol. The van der Waals surface area contributed by atoms with Crippen LogP contribution in [-0.4, -0.2) is 11.1 Å². The molecule has 1 rings (SSSR count). The zero-order chi connectivity index (χ0) is 8.10. The maximum atomic E-state index is 10.1. The molecular formula is C9H9BrO2. The maximum Gasteiger partial charge on any atom is 0.328 e. The number of aliphatic carboxylic acids is 1. The van der Waals surface area contributed by atoms with Gasteiger partial charge in [0.05, 0.1) is 0 Å². The van der Waals surface area contributed by atoms with E-state index >= 15 is 0 Å². The molecule has 1 N–H and O–H groups in total. The Kier molecular flexibility index (Phi) is 5.04. The van der Waals surface area contributed by atoms with Gasteiger partial charge in [-0.1, -0.05) is 30.3 Å². The number of carboxylic acids is 1. The molecule has 1 aromatic carbocycles. The molecule has 0 heterocycles. The summed E-state index contributed by atoms with van der Waals surface area (Å²) in [4.78, 5) is 10.1. The number of hydrogen-bond acceptors (Lipinski definition) is 1. The molecule has 64 valence electrons. The summed E-state index contributed by atoms with van der Waals surface area (Å²) in [5.74, 6) is -0.922. The van der Waals surface area contributed by atoms with E-state index in [1.54, 1.807) is 6.08 Å². The van der Waals surface area contributed by atoms with Crippen LogP contribution in [0.4, 0.5) is 0 Å². The molecule has 0 unspecified atom stereocenters. The highest BCUT2D eigenvalue weighted by Gasteiger charge is 1.85. The first-order chi connectivity index (χ1) is 5.29. The average molecular weight is 229 g/mol. The molecule has 3 heteroatoms. The molecule has 0 aliphatic heterocycles. The van der Waals surface area contributed by atoms with E-state index in [0.717, 1.165) is 11.6 Å². The van der Waals surface area contributed by atoms with Crippen LogP contribution in [0.1, 0.15) is 5.56 Å². The van der Waals surface area contributed by atoms with E-state index in [4.69, 9.17) is 5.11 Å². The number of rotatable bonds is 2. The van der Waals surface area contributed by atoms with Crippen molar-refractivity contribution in [3.05, 3.63) is 42.0 Å². The van der Waals surface area contributed by atoms with E-state index in [-0.39, 0.29) is 17.0 Å². The van der Waals surface area contributed by atoms with Crippen LogP contribution in [0.25, 0.3) is 6.08 Å². The Labute approximate surface area is 81.3 Å². The fraction of sp³-hybridized carbons (Fsp3) is 0. The fourth-order valence-corrected chi connectivity index (χ4v) is 0.732. The third-order valence-corrected chi connectivity index (χ3v) is 1.22. The van der Waals surface area contributed by atoms with Crippen LogP contribution >= 0.6 is 17.0 Å². The highest BCUT2D eigenvalue weighted by Crippen LogP contribution is 1.99. The van der Waals surface area contributed by atoms with Gasteiger partial charge in [0.25, 0.3) is 0 Å². The highest BCUT2D eigenvalue weighted by atomic mass is 79.9. The molecule has 0 aliphatic rings. The summed E-state index contributed by atoms with van der Waals surface area (Å²) in [5, 5.41) is 8.29. The van der Waals surface area contributed by atoms with E-state index in [1.807, 2.05) is 30.3 Å². The highest BCUT2D eigenvalue weighted by molar-refractivity contribution is 8.93. The van der Waals surface area contributed by atoms with Gasteiger partial charge in [0.2, 0.25) is 0 Å². The predicted octanol–water partition coefficient (Wildman–Crippen LogP) is 2.36. The van der Waals surface area contributed by atoms with E-state index in [1.165, 1.54) is 0 Å². The quantitative estimate of drug-likeness (QED) is 0.790. The van der Waals surface area contributed by atoms with Crippen LogP contribution in [-0.2, 0) is 4.79 Å². The first kappa shape index (κ1) is 10.9. The molecule has 0 saturated carbocycles. The Hall–Kier alpha value is -1.09. The third kappa shape index (κ3) is 3.93. The first-order valence-corrected chi connectivity index (χ1v) is 3.25. The zero-order valence-electron chi connectivity index (χ0n) is 6.31. The summed E-state index contributed by atoms with van der Waals surface area (Å²) in [5.41, 5.74) is 0.898. The number of benzene rings is 1. The molecule has 1 aromatic rings. The van der Waals surface area contributed by atoms with E-state index in [9.17, 15) is 4.79 Å². The third-order valence-electron chi connectivity index (χ3n) is 1.22. The summed E-state index contributed by atoms with van der Waals surface area (Å²) in [6.45, 7) is 0. The second-order valence-corrected chi connectivity index (χ2v) is 2.08. The molecule has 12 heavy (non-hydrogen) atoms. The summed E-state index contributed by atoms with van der Waals surface area (Å²) in [6.07, 6.45) is 2.68. The van der Waals surface area contributed by atoms with E-state index < -0.39 is 5.97 Å². The van der Waals surface area contributed by atoms with Gasteiger partial charge in [-0.3, -0.25) is 0 Å². The Morgan fingerprint density at radius 3 is 2.33 bits per heavy atom. The molecule has 0 radical (unpaired) electrons. The van der Waals surface area contributed by atoms with Gasteiger partial charge in [0, 0.05) is 6.08 Å². The summed E-state index contributed by atoms with van der Waals surface area (Å²) in [7, 11) is 0. The number of halogens is 1. The molecule has 0 saturated heterocycles. The molecule has 0 aromatic heterocycles. The normalized spacial score (nSPS) is 9.33. The molecule has 0 fully saturated rings. The van der Waals surface area contributed by atoms with Crippen LogP contribution in [0.5, 0.6) is 0 Å². The van der Waals surface area contributed by atoms with Crippen LogP contribution in [0.2, 0.25) is 0 Å². The summed E-state index contributed by atoms with van der Waals surface area (Å²) >= 11 is 0. The van der Waals surface area contributed by atoms with E-state index in [0.29, 0.717) is 0 Å². The lowest BCUT2D eigenvalue weighted by molar-refractivity contribution is -0.131. The Morgan fingerprint density at radius 2 is 1.83 bits per heavy atom. The molecule has 0 bridgehead atoms. The van der Waals surface area contributed by atoms with Crippen LogP contribution in [0.3, 0.4) is 0 Å². The molecule has 0 spiro atoms. The van der Waals surface area contributed by atoms with E-state index in [2.05, 4.69) is 0 Å². The monoisotopic (exact) mass is 228 g/mol. The Balaban J connectivity index is 0.00000121. The van der Waals surface area contributed by atoms with Crippen LogP contribution in [0, 0.1) is 0 Å². The lowest BCUT2D eigenvalue weighted by Gasteiger charge is -1.87. The van der Waals surface area contributed by atoms with Gasteiger partial charge < -0.3 is 5.11 Å². The largest absolute Gasteiger partial charge is 0.478 e. The van der Waals surface area contributed by atoms with Gasteiger partial charge in [-0.2, -0.15) is 0 Å². The second-order valence-electron chi connectivity index (χ2n) is 2.08.